The van der Waals surface area contributed by atoms with Gasteiger partial charge < -0.3 is 15.7 Å². The molecule has 5 heteroatoms. The summed E-state index contributed by atoms with van der Waals surface area (Å²) in [6.45, 7) is 4.52. The number of carbonyl (C=O) groups is 2. The number of carboxylic acids is 1. The van der Waals surface area contributed by atoms with Crippen LogP contribution in [0, 0.1) is 5.92 Å². The number of aliphatic carboxylic acids is 1. The predicted molar refractivity (Wildman–Crippen MR) is 69.0 cm³/mol. The Labute approximate surface area is 108 Å². The largest absolute Gasteiger partial charge is 0.480 e. The van der Waals surface area contributed by atoms with Crippen molar-refractivity contribution in [2.45, 2.75) is 58.0 Å². The van der Waals surface area contributed by atoms with Gasteiger partial charge in [0.2, 0.25) is 5.91 Å². The average molecular weight is 256 g/mol. The zero-order valence-electron chi connectivity index (χ0n) is 11.3. The van der Waals surface area contributed by atoms with Crippen molar-refractivity contribution in [1.82, 2.24) is 4.90 Å². The Morgan fingerprint density at radius 2 is 2.00 bits per heavy atom. The highest BCUT2D eigenvalue weighted by Gasteiger charge is 2.33. The third-order valence-electron chi connectivity index (χ3n) is 3.36. The predicted octanol–water partition coefficient (Wildman–Crippen LogP) is 1.22. The van der Waals surface area contributed by atoms with Crippen molar-refractivity contribution in [1.29, 1.82) is 0 Å². The molecule has 2 unspecified atom stereocenters. The fourth-order valence-electron chi connectivity index (χ4n) is 2.45. The third kappa shape index (κ3) is 3.98. The monoisotopic (exact) mass is 256 g/mol. The molecule has 1 amide bonds. The second-order valence-corrected chi connectivity index (χ2v) is 5.47. The van der Waals surface area contributed by atoms with E-state index in [1.807, 2.05) is 13.8 Å². The number of likely N-dealkylation sites (tertiary alicyclic amines) is 1. The highest BCUT2D eigenvalue weighted by atomic mass is 16.4. The summed E-state index contributed by atoms with van der Waals surface area (Å²) in [5.74, 6) is -0.792. The van der Waals surface area contributed by atoms with Gasteiger partial charge in [-0.25, -0.2) is 4.79 Å². The highest BCUT2D eigenvalue weighted by Crippen LogP contribution is 2.19. The molecule has 1 saturated heterocycles. The first kappa shape index (κ1) is 15.0. The maximum atomic E-state index is 12.2. The Hall–Kier alpha value is -1.10. The van der Waals surface area contributed by atoms with Gasteiger partial charge >= 0.3 is 5.97 Å². The Morgan fingerprint density at radius 1 is 1.33 bits per heavy atom. The van der Waals surface area contributed by atoms with Crippen LogP contribution in [0.5, 0.6) is 0 Å². The number of carbonyl (C=O) groups excluding carboxylic acids is 1. The standard InChI is InChI=1S/C13H24N2O3/c1-9(2)8-10(14)12(16)15-7-5-3-4-6-11(15)13(17)18/h9-11H,3-8,14H2,1-2H3,(H,17,18). The van der Waals surface area contributed by atoms with Gasteiger partial charge in [0.05, 0.1) is 6.04 Å². The first-order chi connectivity index (χ1) is 8.43. The minimum atomic E-state index is -0.915. The SMILES string of the molecule is CC(C)CC(N)C(=O)N1CCCCCC1C(=O)O. The van der Waals surface area contributed by atoms with Crippen LogP contribution < -0.4 is 5.73 Å². The normalized spacial score (nSPS) is 22.7. The van der Waals surface area contributed by atoms with Gasteiger partial charge in [-0.15, -0.1) is 0 Å². The van der Waals surface area contributed by atoms with E-state index in [0.29, 0.717) is 25.3 Å². The van der Waals surface area contributed by atoms with Crippen molar-refractivity contribution in [3.05, 3.63) is 0 Å². The molecule has 0 radical (unpaired) electrons. The van der Waals surface area contributed by atoms with Crippen molar-refractivity contribution in [3.63, 3.8) is 0 Å². The molecule has 1 rings (SSSR count). The molecular formula is C13H24N2O3. The summed E-state index contributed by atoms with van der Waals surface area (Å²) in [4.78, 5) is 24.9. The van der Waals surface area contributed by atoms with Crippen LogP contribution in [0.2, 0.25) is 0 Å². The smallest absolute Gasteiger partial charge is 0.326 e. The van der Waals surface area contributed by atoms with Crippen LogP contribution in [-0.4, -0.2) is 40.5 Å². The molecule has 0 aromatic carbocycles. The van der Waals surface area contributed by atoms with Crippen LogP contribution in [0.15, 0.2) is 0 Å². The van der Waals surface area contributed by atoms with Crippen LogP contribution in [0.25, 0.3) is 0 Å². The van der Waals surface area contributed by atoms with Gasteiger partial charge in [-0.05, 0) is 25.2 Å². The first-order valence-electron chi connectivity index (χ1n) is 6.72. The zero-order chi connectivity index (χ0) is 13.7. The highest BCUT2D eigenvalue weighted by molar-refractivity contribution is 5.87. The lowest BCUT2D eigenvalue weighted by Gasteiger charge is -2.29. The summed E-state index contributed by atoms with van der Waals surface area (Å²) in [5.41, 5.74) is 5.88. The van der Waals surface area contributed by atoms with Crippen molar-refractivity contribution in [3.8, 4) is 0 Å². The lowest BCUT2D eigenvalue weighted by atomic mass is 10.0. The average Bonchev–Trinajstić information content (AvgIpc) is 2.52. The van der Waals surface area contributed by atoms with E-state index in [4.69, 9.17) is 5.73 Å². The van der Waals surface area contributed by atoms with Gasteiger partial charge in [0.15, 0.2) is 0 Å². The van der Waals surface area contributed by atoms with E-state index in [2.05, 4.69) is 0 Å². The zero-order valence-corrected chi connectivity index (χ0v) is 11.3. The Kier molecular flexibility index (Phi) is 5.59. The van der Waals surface area contributed by atoms with E-state index in [1.165, 1.54) is 4.90 Å². The Morgan fingerprint density at radius 3 is 2.56 bits per heavy atom. The maximum Gasteiger partial charge on any atom is 0.326 e. The van der Waals surface area contributed by atoms with E-state index < -0.39 is 18.1 Å². The number of nitrogens with zero attached hydrogens (tertiary/aromatic N) is 1. The summed E-state index contributed by atoms with van der Waals surface area (Å²) in [6.07, 6.45) is 3.84. The van der Waals surface area contributed by atoms with Gasteiger partial charge in [0.25, 0.3) is 0 Å². The number of carboxylic acid groups (broad SMARTS) is 1. The van der Waals surface area contributed by atoms with E-state index in [1.54, 1.807) is 0 Å². The topological polar surface area (TPSA) is 83.6 Å². The minimum Gasteiger partial charge on any atom is -0.480 e. The Balaban J connectivity index is 2.75. The molecule has 1 fully saturated rings. The molecule has 2 atom stereocenters. The minimum absolute atomic E-state index is 0.210. The molecule has 1 aliphatic heterocycles. The summed E-state index contributed by atoms with van der Waals surface area (Å²) < 4.78 is 0. The molecule has 1 aliphatic rings. The summed E-state index contributed by atoms with van der Waals surface area (Å²) >= 11 is 0. The van der Waals surface area contributed by atoms with Gasteiger partial charge in [-0.2, -0.15) is 0 Å². The van der Waals surface area contributed by atoms with Crippen molar-refractivity contribution < 1.29 is 14.7 Å². The molecule has 1 heterocycles. The van der Waals surface area contributed by atoms with Crippen LogP contribution in [0.3, 0.4) is 0 Å². The number of hydrogen-bond acceptors (Lipinski definition) is 3. The lowest BCUT2D eigenvalue weighted by molar-refractivity contribution is -0.150. The number of rotatable bonds is 4. The second-order valence-electron chi connectivity index (χ2n) is 5.47. The second kappa shape index (κ2) is 6.73. The van der Waals surface area contributed by atoms with Gasteiger partial charge in [0, 0.05) is 6.54 Å². The molecule has 104 valence electrons. The van der Waals surface area contributed by atoms with E-state index in [0.717, 1.165) is 19.3 Å². The Bertz CT molecular complexity index is 305. The molecule has 5 nitrogen and oxygen atoms in total. The number of amides is 1. The molecule has 0 bridgehead atoms. The van der Waals surface area contributed by atoms with E-state index >= 15 is 0 Å². The van der Waals surface area contributed by atoms with E-state index in [9.17, 15) is 14.7 Å². The fourth-order valence-corrected chi connectivity index (χ4v) is 2.45. The molecule has 3 N–H and O–H groups in total. The molecule has 0 aromatic heterocycles. The van der Waals surface area contributed by atoms with Crippen molar-refractivity contribution >= 4 is 11.9 Å². The fraction of sp³-hybridized carbons (Fsp3) is 0.846. The van der Waals surface area contributed by atoms with Crippen molar-refractivity contribution in [2.75, 3.05) is 6.54 Å². The molecule has 0 aliphatic carbocycles. The van der Waals surface area contributed by atoms with Crippen LogP contribution in [0.1, 0.15) is 46.0 Å². The summed E-state index contributed by atoms with van der Waals surface area (Å²) in [6, 6.07) is -1.27. The molecular weight excluding hydrogens is 232 g/mol. The molecule has 0 aromatic rings. The van der Waals surface area contributed by atoms with Crippen LogP contribution >= 0.6 is 0 Å². The lowest BCUT2D eigenvalue weighted by Crippen LogP contribution is -2.51. The quantitative estimate of drug-likeness (QED) is 0.792. The van der Waals surface area contributed by atoms with Gasteiger partial charge in [-0.3, -0.25) is 4.79 Å². The van der Waals surface area contributed by atoms with Crippen molar-refractivity contribution in [2.24, 2.45) is 11.7 Å². The number of nitrogens with two attached hydrogens (primary N) is 1. The maximum absolute atomic E-state index is 12.2. The summed E-state index contributed by atoms with van der Waals surface area (Å²) in [7, 11) is 0. The van der Waals surface area contributed by atoms with Gasteiger partial charge in [0.1, 0.15) is 6.04 Å². The molecule has 0 spiro atoms. The number of hydrogen-bond donors (Lipinski definition) is 2. The third-order valence-corrected chi connectivity index (χ3v) is 3.36. The molecule has 18 heavy (non-hydrogen) atoms. The first-order valence-corrected chi connectivity index (χ1v) is 6.72. The molecule has 0 saturated carbocycles. The summed E-state index contributed by atoms with van der Waals surface area (Å²) in [5, 5.41) is 9.21. The van der Waals surface area contributed by atoms with Crippen LogP contribution in [0.4, 0.5) is 0 Å². The van der Waals surface area contributed by atoms with Crippen LogP contribution in [-0.2, 0) is 9.59 Å². The van der Waals surface area contributed by atoms with Gasteiger partial charge in [-0.1, -0.05) is 26.7 Å². The van der Waals surface area contributed by atoms with E-state index in [-0.39, 0.29) is 5.91 Å².